The molecule has 0 aliphatic heterocycles. The lowest BCUT2D eigenvalue weighted by molar-refractivity contribution is 0.423. The Hall–Kier alpha value is -1.09. The highest BCUT2D eigenvalue weighted by Gasteiger charge is 2.22. The van der Waals surface area contributed by atoms with E-state index < -0.39 is 0 Å². The van der Waals surface area contributed by atoms with Crippen molar-refractivity contribution in [2.24, 2.45) is 5.92 Å². The van der Waals surface area contributed by atoms with Crippen LogP contribution in [0.15, 0.2) is 18.2 Å². The van der Waals surface area contributed by atoms with Gasteiger partial charge in [-0.3, -0.25) is 0 Å². The van der Waals surface area contributed by atoms with Gasteiger partial charge in [0.05, 0.1) is 5.69 Å². The predicted molar refractivity (Wildman–Crippen MR) is 88.2 cm³/mol. The maximum absolute atomic E-state index is 14.4. The van der Waals surface area contributed by atoms with Gasteiger partial charge in [-0.15, -0.1) is 0 Å². The molecule has 1 fully saturated rings. The molecular formula is C18H29FN2. The molecule has 1 N–H and O–H groups in total. The van der Waals surface area contributed by atoms with Crippen LogP contribution in [0.2, 0.25) is 0 Å². The van der Waals surface area contributed by atoms with Gasteiger partial charge < -0.3 is 10.2 Å². The summed E-state index contributed by atoms with van der Waals surface area (Å²) < 4.78 is 14.4. The number of hydrogen-bond donors (Lipinski definition) is 1. The summed E-state index contributed by atoms with van der Waals surface area (Å²) in [4.78, 5) is 2.18. The molecular weight excluding hydrogens is 263 g/mol. The zero-order chi connectivity index (χ0) is 15.2. The molecule has 0 radical (unpaired) electrons. The van der Waals surface area contributed by atoms with Crippen LogP contribution in [-0.4, -0.2) is 19.6 Å². The summed E-state index contributed by atoms with van der Waals surface area (Å²) in [5.74, 6) is 0.519. The lowest BCUT2D eigenvalue weighted by Crippen LogP contribution is -2.35. The van der Waals surface area contributed by atoms with Gasteiger partial charge >= 0.3 is 0 Å². The lowest BCUT2D eigenvalue weighted by Gasteiger charge is -2.34. The van der Waals surface area contributed by atoms with Gasteiger partial charge in [-0.05, 0) is 36.9 Å². The van der Waals surface area contributed by atoms with Gasteiger partial charge in [0.25, 0.3) is 0 Å². The summed E-state index contributed by atoms with van der Waals surface area (Å²) in [6.45, 7) is 6.08. The third-order valence-electron chi connectivity index (χ3n) is 4.41. The monoisotopic (exact) mass is 292 g/mol. The molecule has 0 atom stereocenters. The molecule has 21 heavy (non-hydrogen) atoms. The van der Waals surface area contributed by atoms with Crippen LogP contribution >= 0.6 is 0 Å². The zero-order valence-electron chi connectivity index (χ0n) is 13.7. The molecule has 0 unspecified atom stereocenters. The highest BCUT2D eigenvalue weighted by atomic mass is 19.1. The van der Waals surface area contributed by atoms with Crippen LogP contribution in [0, 0.1) is 11.7 Å². The standard InChI is InChI=1S/C18H29FN2/c1-14(2)12-20-13-15-8-7-11-17(19)18(15)21(3)16-9-5-4-6-10-16/h7-8,11,14,16,20H,4-6,9-10,12-13H2,1-3H3. The van der Waals surface area contributed by atoms with Crippen molar-refractivity contribution in [2.45, 2.75) is 58.5 Å². The third-order valence-corrected chi connectivity index (χ3v) is 4.41. The number of nitrogens with zero attached hydrogens (tertiary/aromatic N) is 1. The normalized spacial score (nSPS) is 16.4. The molecule has 0 bridgehead atoms. The molecule has 1 aliphatic rings. The molecule has 1 aromatic carbocycles. The number of anilines is 1. The molecule has 1 aliphatic carbocycles. The molecule has 0 saturated heterocycles. The smallest absolute Gasteiger partial charge is 0.146 e. The highest BCUT2D eigenvalue weighted by Crippen LogP contribution is 2.30. The number of benzene rings is 1. The minimum absolute atomic E-state index is 0.0908. The summed E-state index contributed by atoms with van der Waals surface area (Å²) in [6, 6.07) is 5.94. The third kappa shape index (κ3) is 4.44. The Kier molecular flexibility index (Phi) is 6.04. The van der Waals surface area contributed by atoms with Crippen molar-refractivity contribution in [1.82, 2.24) is 5.32 Å². The van der Waals surface area contributed by atoms with E-state index in [-0.39, 0.29) is 5.82 Å². The average molecular weight is 292 g/mol. The van der Waals surface area contributed by atoms with E-state index in [0.29, 0.717) is 12.0 Å². The number of halogens is 1. The average Bonchev–Trinajstić information content (AvgIpc) is 2.47. The van der Waals surface area contributed by atoms with Crippen molar-refractivity contribution >= 4 is 5.69 Å². The fourth-order valence-corrected chi connectivity index (χ4v) is 3.24. The van der Waals surface area contributed by atoms with E-state index in [2.05, 4.69) is 31.1 Å². The Bertz CT molecular complexity index is 439. The van der Waals surface area contributed by atoms with Crippen molar-refractivity contribution in [2.75, 3.05) is 18.5 Å². The Balaban J connectivity index is 2.12. The highest BCUT2D eigenvalue weighted by molar-refractivity contribution is 5.55. The largest absolute Gasteiger partial charge is 0.369 e. The Labute approximate surface area is 128 Å². The van der Waals surface area contributed by atoms with Crippen molar-refractivity contribution in [3.05, 3.63) is 29.6 Å². The minimum atomic E-state index is -0.0908. The van der Waals surface area contributed by atoms with Crippen LogP contribution < -0.4 is 10.2 Å². The molecule has 118 valence electrons. The molecule has 0 aromatic heterocycles. The maximum Gasteiger partial charge on any atom is 0.146 e. The van der Waals surface area contributed by atoms with E-state index in [4.69, 9.17) is 0 Å². The second kappa shape index (κ2) is 7.79. The molecule has 1 aromatic rings. The fourth-order valence-electron chi connectivity index (χ4n) is 3.24. The SMILES string of the molecule is CC(C)CNCc1cccc(F)c1N(C)C1CCCCC1. The lowest BCUT2D eigenvalue weighted by atomic mass is 9.93. The van der Waals surface area contributed by atoms with Gasteiger partial charge in [-0.2, -0.15) is 0 Å². The van der Waals surface area contributed by atoms with E-state index in [0.717, 1.165) is 24.3 Å². The first-order chi connectivity index (χ1) is 10.1. The van der Waals surface area contributed by atoms with E-state index in [1.165, 1.54) is 32.1 Å². The van der Waals surface area contributed by atoms with Crippen molar-refractivity contribution < 1.29 is 4.39 Å². The van der Waals surface area contributed by atoms with E-state index >= 15 is 0 Å². The first-order valence-electron chi connectivity index (χ1n) is 8.30. The van der Waals surface area contributed by atoms with Crippen LogP contribution in [0.1, 0.15) is 51.5 Å². The van der Waals surface area contributed by atoms with Crippen molar-refractivity contribution in [3.63, 3.8) is 0 Å². The van der Waals surface area contributed by atoms with Gasteiger partial charge in [0, 0.05) is 19.6 Å². The summed E-state index contributed by atoms with van der Waals surface area (Å²) >= 11 is 0. The first kappa shape index (κ1) is 16.3. The first-order valence-corrected chi connectivity index (χ1v) is 8.30. The number of para-hydroxylation sites is 1. The molecule has 2 rings (SSSR count). The van der Waals surface area contributed by atoms with Crippen LogP contribution in [0.5, 0.6) is 0 Å². The molecule has 1 saturated carbocycles. The van der Waals surface area contributed by atoms with Crippen LogP contribution in [0.25, 0.3) is 0 Å². The second-order valence-electron chi connectivity index (χ2n) is 6.68. The van der Waals surface area contributed by atoms with Gasteiger partial charge in [0.1, 0.15) is 5.82 Å². The molecule has 0 spiro atoms. The van der Waals surface area contributed by atoms with E-state index in [9.17, 15) is 4.39 Å². The van der Waals surface area contributed by atoms with Gasteiger partial charge in [0.2, 0.25) is 0 Å². The molecule has 0 amide bonds. The Morgan fingerprint density at radius 2 is 1.95 bits per heavy atom. The van der Waals surface area contributed by atoms with Crippen LogP contribution in [0.4, 0.5) is 10.1 Å². The van der Waals surface area contributed by atoms with Gasteiger partial charge in [-0.1, -0.05) is 45.2 Å². The fraction of sp³-hybridized carbons (Fsp3) is 0.667. The number of nitrogens with one attached hydrogen (secondary N) is 1. The summed E-state index contributed by atoms with van der Waals surface area (Å²) in [5.41, 5.74) is 1.87. The maximum atomic E-state index is 14.4. The number of rotatable bonds is 6. The molecule has 2 nitrogen and oxygen atoms in total. The van der Waals surface area contributed by atoms with E-state index in [1.54, 1.807) is 6.07 Å². The molecule has 0 heterocycles. The van der Waals surface area contributed by atoms with Gasteiger partial charge in [0.15, 0.2) is 0 Å². The Morgan fingerprint density at radius 3 is 2.62 bits per heavy atom. The topological polar surface area (TPSA) is 15.3 Å². The summed E-state index contributed by atoms with van der Waals surface area (Å²) in [7, 11) is 2.06. The Morgan fingerprint density at radius 1 is 1.24 bits per heavy atom. The summed E-state index contributed by atoms with van der Waals surface area (Å²) in [6.07, 6.45) is 6.23. The van der Waals surface area contributed by atoms with Crippen LogP contribution in [-0.2, 0) is 6.54 Å². The van der Waals surface area contributed by atoms with Crippen molar-refractivity contribution in [3.8, 4) is 0 Å². The zero-order valence-corrected chi connectivity index (χ0v) is 13.7. The molecule has 3 heteroatoms. The predicted octanol–water partition coefficient (Wildman–Crippen LogP) is 4.34. The summed E-state index contributed by atoms with van der Waals surface area (Å²) in [5, 5.41) is 3.43. The van der Waals surface area contributed by atoms with E-state index in [1.807, 2.05) is 12.1 Å². The van der Waals surface area contributed by atoms with Crippen molar-refractivity contribution in [1.29, 1.82) is 0 Å². The van der Waals surface area contributed by atoms with Gasteiger partial charge in [-0.25, -0.2) is 4.39 Å². The number of hydrogen-bond acceptors (Lipinski definition) is 2. The minimum Gasteiger partial charge on any atom is -0.369 e. The van der Waals surface area contributed by atoms with Crippen LogP contribution in [0.3, 0.4) is 0 Å². The quantitative estimate of drug-likeness (QED) is 0.839. The second-order valence-corrected chi connectivity index (χ2v) is 6.68.